The van der Waals surface area contributed by atoms with Gasteiger partial charge >= 0.3 is 0 Å². The van der Waals surface area contributed by atoms with Gasteiger partial charge in [-0.3, -0.25) is 0 Å². The second-order valence-electron chi connectivity index (χ2n) is 4.83. The summed E-state index contributed by atoms with van der Waals surface area (Å²) in [4.78, 5) is 0. The monoisotopic (exact) mass is 295 g/mol. The maximum absolute atomic E-state index is 6.12. The van der Waals surface area contributed by atoms with Crippen LogP contribution in [0.1, 0.15) is 23.4 Å². The molecule has 0 aliphatic carbocycles. The highest BCUT2D eigenvalue weighted by Gasteiger charge is 2.16. The van der Waals surface area contributed by atoms with E-state index in [0.29, 0.717) is 24.8 Å². The van der Waals surface area contributed by atoms with Crippen LogP contribution in [-0.4, -0.2) is 16.8 Å². The van der Waals surface area contributed by atoms with Crippen molar-refractivity contribution in [2.75, 3.05) is 6.61 Å². The summed E-state index contributed by atoms with van der Waals surface area (Å²) in [5, 5.41) is 8.04. The predicted octanol–water partition coefficient (Wildman–Crippen LogP) is 2.74. The molecule has 0 amide bonds. The molecule has 22 heavy (non-hydrogen) atoms. The molecule has 0 saturated heterocycles. The van der Waals surface area contributed by atoms with Gasteiger partial charge in [-0.15, -0.1) is 10.2 Å². The van der Waals surface area contributed by atoms with E-state index >= 15 is 0 Å². The van der Waals surface area contributed by atoms with Gasteiger partial charge in [-0.1, -0.05) is 48.5 Å². The van der Waals surface area contributed by atoms with Crippen LogP contribution in [0.15, 0.2) is 65.1 Å². The Hall–Kier alpha value is -2.66. The Morgan fingerprint density at radius 3 is 2.36 bits per heavy atom. The molecule has 5 nitrogen and oxygen atoms in total. The summed E-state index contributed by atoms with van der Waals surface area (Å²) in [6, 6.07) is 18.9. The second kappa shape index (κ2) is 6.87. The lowest BCUT2D eigenvalue weighted by Gasteiger charge is -2.06. The fourth-order valence-electron chi connectivity index (χ4n) is 2.07. The van der Waals surface area contributed by atoms with Crippen LogP contribution >= 0.6 is 0 Å². The summed E-state index contributed by atoms with van der Waals surface area (Å²) in [6.45, 7) is 0.478. The first-order valence-electron chi connectivity index (χ1n) is 7.13. The Morgan fingerprint density at radius 2 is 1.64 bits per heavy atom. The quantitative estimate of drug-likeness (QED) is 0.757. The molecule has 0 fully saturated rings. The van der Waals surface area contributed by atoms with Crippen LogP contribution in [0, 0.1) is 0 Å². The van der Waals surface area contributed by atoms with E-state index in [-0.39, 0.29) is 0 Å². The Morgan fingerprint density at radius 1 is 0.955 bits per heavy atom. The van der Waals surface area contributed by atoms with E-state index in [9.17, 15) is 0 Å². The molecule has 1 unspecified atom stereocenters. The molecule has 1 heterocycles. The number of rotatable bonds is 6. The van der Waals surface area contributed by atoms with Crippen LogP contribution in [0.4, 0.5) is 0 Å². The Balaban J connectivity index is 1.57. The first-order valence-corrected chi connectivity index (χ1v) is 7.13. The van der Waals surface area contributed by atoms with Gasteiger partial charge < -0.3 is 14.9 Å². The minimum atomic E-state index is -0.405. The number of nitrogens with zero attached hydrogens (tertiary/aromatic N) is 2. The number of aromatic nitrogens is 2. The van der Waals surface area contributed by atoms with E-state index in [1.54, 1.807) is 0 Å². The molecule has 0 aliphatic heterocycles. The fraction of sp³-hybridized carbons (Fsp3) is 0.176. The molecule has 1 atom stereocenters. The summed E-state index contributed by atoms with van der Waals surface area (Å²) < 4.78 is 11.2. The third-order valence-electron chi connectivity index (χ3n) is 3.24. The van der Waals surface area contributed by atoms with Crippen LogP contribution in [0.2, 0.25) is 0 Å². The number of hydrogen-bond acceptors (Lipinski definition) is 5. The van der Waals surface area contributed by atoms with Crippen molar-refractivity contribution in [3.05, 3.63) is 78.0 Å². The number of para-hydroxylation sites is 1. The SMILES string of the molecule is NC(c1ccccc1)c1nnc(CCOc2ccccc2)o1. The third kappa shape index (κ3) is 3.51. The van der Waals surface area contributed by atoms with E-state index < -0.39 is 6.04 Å². The van der Waals surface area contributed by atoms with E-state index in [1.807, 2.05) is 60.7 Å². The van der Waals surface area contributed by atoms with Gasteiger partial charge in [0.15, 0.2) is 0 Å². The van der Waals surface area contributed by atoms with Crippen molar-refractivity contribution < 1.29 is 9.15 Å². The number of benzene rings is 2. The molecular formula is C17H17N3O2. The lowest BCUT2D eigenvalue weighted by atomic mass is 10.1. The van der Waals surface area contributed by atoms with Crippen molar-refractivity contribution in [2.45, 2.75) is 12.5 Å². The lowest BCUT2D eigenvalue weighted by molar-refractivity contribution is 0.303. The zero-order valence-electron chi connectivity index (χ0n) is 12.1. The highest BCUT2D eigenvalue weighted by Crippen LogP contribution is 2.18. The van der Waals surface area contributed by atoms with Crippen LogP contribution < -0.4 is 10.5 Å². The molecule has 5 heteroatoms. The van der Waals surface area contributed by atoms with Crippen LogP contribution in [0.3, 0.4) is 0 Å². The standard InChI is InChI=1S/C17H17N3O2/c18-16(13-7-3-1-4-8-13)17-20-19-15(22-17)11-12-21-14-9-5-2-6-10-14/h1-10,16H,11-12,18H2. The highest BCUT2D eigenvalue weighted by atomic mass is 16.5. The molecule has 0 spiro atoms. The molecule has 112 valence electrons. The minimum Gasteiger partial charge on any atom is -0.493 e. The van der Waals surface area contributed by atoms with Crippen LogP contribution in [-0.2, 0) is 6.42 Å². The average Bonchev–Trinajstić information content (AvgIpc) is 3.05. The summed E-state index contributed by atoms with van der Waals surface area (Å²) in [5.74, 6) is 1.77. The predicted molar refractivity (Wildman–Crippen MR) is 82.4 cm³/mol. The summed E-state index contributed by atoms with van der Waals surface area (Å²) in [5.41, 5.74) is 7.06. The van der Waals surface area contributed by atoms with Crippen LogP contribution in [0.5, 0.6) is 5.75 Å². The normalized spacial score (nSPS) is 12.0. The summed E-state index contributed by atoms with van der Waals surface area (Å²) in [6.07, 6.45) is 0.545. The molecule has 3 rings (SSSR count). The molecule has 2 aromatic carbocycles. The largest absolute Gasteiger partial charge is 0.493 e. The Bertz CT molecular complexity index is 698. The van der Waals surface area contributed by atoms with Gasteiger partial charge in [-0.2, -0.15) is 0 Å². The Labute approximate surface area is 128 Å². The zero-order valence-corrected chi connectivity index (χ0v) is 12.1. The molecular weight excluding hydrogens is 278 g/mol. The van der Waals surface area contributed by atoms with Crippen molar-refractivity contribution in [3.63, 3.8) is 0 Å². The molecule has 0 bridgehead atoms. The smallest absolute Gasteiger partial charge is 0.237 e. The topological polar surface area (TPSA) is 74.2 Å². The average molecular weight is 295 g/mol. The summed E-state index contributed by atoms with van der Waals surface area (Å²) >= 11 is 0. The second-order valence-corrected chi connectivity index (χ2v) is 4.83. The van der Waals surface area contributed by atoms with Gasteiger partial charge in [0.05, 0.1) is 13.0 Å². The zero-order chi connectivity index (χ0) is 15.2. The van der Waals surface area contributed by atoms with Crippen molar-refractivity contribution in [1.82, 2.24) is 10.2 Å². The number of hydrogen-bond donors (Lipinski definition) is 1. The first kappa shape index (κ1) is 14.3. The molecule has 2 N–H and O–H groups in total. The number of nitrogens with two attached hydrogens (primary N) is 1. The minimum absolute atomic E-state index is 0.405. The van der Waals surface area contributed by atoms with Crippen molar-refractivity contribution in [1.29, 1.82) is 0 Å². The molecule has 0 aliphatic rings. The molecule has 0 radical (unpaired) electrons. The van der Waals surface area contributed by atoms with E-state index in [0.717, 1.165) is 11.3 Å². The van der Waals surface area contributed by atoms with Gasteiger partial charge in [0.2, 0.25) is 11.8 Å². The van der Waals surface area contributed by atoms with Gasteiger partial charge in [-0.05, 0) is 17.7 Å². The first-order chi connectivity index (χ1) is 10.8. The lowest BCUT2D eigenvalue weighted by Crippen LogP contribution is -2.12. The molecule has 3 aromatic rings. The summed E-state index contributed by atoms with van der Waals surface area (Å²) in [7, 11) is 0. The molecule has 0 saturated carbocycles. The van der Waals surface area contributed by atoms with Crippen LogP contribution in [0.25, 0.3) is 0 Å². The maximum Gasteiger partial charge on any atom is 0.237 e. The fourth-order valence-corrected chi connectivity index (χ4v) is 2.07. The van der Waals surface area contributed by atoms with Crippen molar-refractivity contribution >= 4 is 0 Å². The van der Waals surface area contributed by atoms with E-state index in [4.69, 9.17) is 14.9 Å². The van der Waals surface area contributed by atoms with E-state index in [2.05, 4.69) is 10.2 Å². The third-order valence-corrected chi connectivity index (χ3v) is 3.24. The molecule has 1 aromatic heterocycles. The van der Waals surface area contributed by atoms with Gasteiger partial charge in [0.1, 0.15) is 11.8 Å². The van der Waals surface area contributed by atoms with Gasteiger partial charge in [0, 0.05) is 0 Å². The maximum atomic E-state index is 6.12. The van der Waals surface area contributed by atoms with E-state index in [1.165, 1.54) is 0 Å². The van der Waals surface area contributed by atoms with Gasteiger partial charge in [-0.25, -0.2) is 0 Å². The van der Waals surface area contributed by atoms with Crippen molar-refractivity contribution in [3.8, 4) is 5.75 Å². The van der Waals surface area contributed by atoms with Gasteiger partial charge in [0.25, 0.3) is 0 Å². The number of ether oxygens (including phenoxy) is 1. The Kier molecular flexibility index (Phi) is 4.46. The van der Waals surface area contributed by atoms with Crippen molar-refractivity contribution in [2.24, 2.45) is 5.73 Å². The highest BCUT2D eigenvalue weighted by molar-refractivity contribution is 5.23.